The highest BCUT2D eigenvalue weighted by molar-refractivity contribution is 9.10. The zero-order chi connectivity index (χ0) is 26.7. The van der Waals surface area contributed by atoms with Gasteiger partial charge in [0.2, 0.25) is 0 Å². The first-order valence-electron chi connectivity index (χ1n) is 12.8. The van der Waals surface area contributed by atoms with Gasteiger partial charge in [-0.05, 0) is 75.0 Å². The van der Waals surface area contributed by atoms with E-state index in [1.165, 1.54) is 0 Å². The van der Waals surface area contributed by atoms with Crippen molar-refractivity contribution in [2.45, 2.75) is 65.9 Å². The molecule has 0 saturated carbocycles. The van der Waals surface area contributed by atoms with E-state index in [0.717, 1.165) is 51.0 Å². The molecule has 0 aromatic heterocycles. The summed E-state index contributed by atoms with van der Waals surface area (Å²) in [5, 5.41) is 0.691. The summed E-state index contributed by atoms with van der Waals surface area (Å²) >= 11 is 9.69. The predicted octanol–water partition coefficient (Wildman–Crippen LogP) is 8.00. The molecule has 0 saturated heterocycles. The Bertz CT molecular complexity index is 1300. The summed E-state index contributed by atoms with van der Waals surface area (Å²) in [6.45, 7) is 9.03. The van der Waals surface area contributed by atoms with Crippen LogP contribution in [-0.2, 0) is 16.2 Å². The van der Waals surface area contributed by atoms with E-state index < -0.39 is 0 Å². The number of hydrogen-bond acceptors (Lipinski definition) is 4. The first-order valence-corrected chi connectivity index (χ1v) is 14.0. The molecule has 0 N–H and O–H groups in total. The number of rotatable bonds is 4. The van der Waals surface area contributed by atoms with Gasteiger partial charge in [-0.15, -0.1) is 0 Å². The van der Waals surface area contributed by atoms with E-state index in [1.54, 1.807) is 0 Å². The Hall–Kier alpha value is -2.37. The largest absolute Gasteiger partial charge is 0.488 e. The van der Waals surface area contributed by atoms with Gasteiger partial charge in [-0.3, -0.25) is 9.59 Å². The first-order chi connectivity index (χ1) is 17.3. The number of benzene rings is 2. The topological polar surface area (TPSA) is 46.6 Å². The van der Waals surface area contributed by atoms with Crippen molar-refractivity contribution in [2.24, 2.45) is 10.8 Å². The minimum Gasteiger partial charge on any atom is -0.488 e. The molecule has 194 valence electrons. The fourth-order valence-electron chi connectivity index (χ4n) is 6.05. The zero-order valence-corrected chi connectivity index (χ0v) is 24.4. The van der Waals surface area contributed by atoms with Crippen molar-refractivity contribution in [3.8, 4) is 5.75 Å². The number of allylic oxidation sites excluding steroid dienone is 4. The van der Waals surface area contributed by atoms with E-state index in [-0.39, 0.29) is 28.3 Å². The zero-order valence-electron chi connectivity index (χ0n) is 22.1. The minimum absolute atomic E-state index is 0.110. The van der Waals surface area contributed by atoms with Crippen LogP contribution in [-0.4, -0.2) is 23.5 Å². The van der Waals surface area contributed by atoms with Crippen molar-refractivity contribution in [2.75, 3.05) is 7.05 Å². The predicted molar refractivity (Wildman–Crippen MR) is 151 cm³/mol. The van der Waals surface area contributed by atoms with Crippen molar-refractivity contribution < 1.29 is 14.3 Å². The highest BCUT2D eigenvalue weighted by Crippen LogP contribution is 2.54. The molecule has 5 rings (SSSR count). The molecule has 0 spiro atoms. The molecule has 2 aromatic carbocycles. The third-order valence-electron chi connectivity index (χ3n) is 7.78. The van der Waals surface area contributed by atoms with Crippen LogP contribution >= 0.6 is 27.5 Å². The van der Waals surface area contributed by atoms with E-state index in [9.17, 15) is 9.59 Å². The fourth-order valence-corrected chi connectivity index (χ4v) is 6.69. The lowest BCUT2D eigenvalue weighted by atomic mass is 9.64. The van der Waals surface area contributed by atoms with Gasteiger partial charge in [-0.25, -0.2) is 0 Å². The number of halogens is 2. The van der Waals surface area contributed by atoms with Gasteiger partial charge >= 0.3 is 0 Å². The fraction of sp³-hybridized carbons (Fsp3) is 0.419. The summed E-state index contributed by atoms with van der Waals surface area (Å²) in [6, 6.07) is 13.5. The minimum atomic E-state index is -0.352. The second-order valence-corrected chi connectivity index (χ2v) is 13.5. The van der Waals surface area contributed by atoms with E-state index >= 15 is 0 Å². The van der Waals surface area contributed by atoms with Crippen LogP contribution in [0.25, 0.3) is 0 Å². The van der Waals surface area contributed by atoms with Crippen molar-refractivity contribution in [1.82, 2.24) is 4.90 Å². The van der Waals surface area contributed by atoms with Crippen molar-refractivity contribution in [3.05, 3.63) is 85.6 Å². The van der Waals surface area contributed by atoms with Gasteiger partial charge in [0.15, 0.2) is 11.6 Å². The van der Waals surface area contributed by atoms with Crippen molar-refractivity contribution in [1.29, 1.82) is 0 Å². The lowest BCUT2D eigenvalue weighted by molar-refractivity contribution is -0.119. The molecule has 2 aliphatic carbocycles. The summed E-state index contributed by atoms with van der Waals surface area (Å²) in [6.07, 6.45) is 2.61. The van der Waals surface area contributed by atoms with E-state index in [1.807, 2.05) is 49.5 Å². The smallest absolute Gasteiger partial charge is 0.162 e. The highest BCUT2D eigenvalue weighted by atomic mass is 79.9. The summed E-state index contributed by atoms with van der Waals surface area (Å²) in [4.78, 5) is 29.5. The number of carbonyl (C=O) groups excluding carboxylic acids is 2. The van der Waals surface area contributed by atoms with Crippen molar-refractivity contribution >= 4 is 39.1 Å². The van der Waals surface area contributed by atoms with Crippen LogP contribution in [0.1, 0.15) is 70.4 Å². The molecule has 0 amide bonds. The SMILES string of the molecule is CN1C2=C(C(=O)CC(C)(C)C2)C(c2ccc(OCc3ccc(Cl)cc3)c(Br)c2)C2=C1CC(C)(C)CC2=O. The van der Waals surface area contributed by atoms with Crippen molar-refractivity contribution in [3.63, 3.8) is 0 Å². The molecule has 1 heterocycles. The summed E-state index contributed by atoms with van der Waals surface area (Å²) in [7, 11) is 2.04. The van der Waals surface area contributed by atoms with Gasteiger partial charge in [0.25, 0.3) is 0 Å². The third kappa shape index (κ3) is 5.05. The molecule has 6 heteroatoms. The summed E-state index contributed by atoms with van der Waals surface area (Å²) in [5.41, 5.74) is 5.45. The second kappa shape index (κ2) is 9.43. The van der Waals surface area contributed by atoms with E-state index in [4.69, 9.17) is 16.3 Å². The molecule has 1 aliphatic heterocycles. The molecule has 2 aromatic rings. The number of hydrogen-bond donors (Lipinski definition) is 0. The van der Waals surface area contributed by atoms with E-state index in [0.29, 0.717) is 30.2 Å². The number of ketones is 2. The molecule has 0 atom stereocenters. The molecular weight excluding hydrogens is 550 g/mol. The Morgan fingerprint density at radius 2 is 1.43 bits per heavy atom. The maximum atomic E-state index is 13.7. The van der Waals surface area contributed by atoms with Gasteiger partial charge in [0.1, 0.15) is 12.4 Å². The van der Waals surface area contributed by atoms with Crippen LogP contribution in [0.15, 0.2) is 69.5 Å². The Labute approximate surface area is 232 Å². The average Bonchev–Trinajstić information content (AvgIpc) is 2.79. The molecule has 37 heavy (non-hydrogen) atoms. The Kier molecular flexibility index (Phi) is 6.69. The van der Waals surface area contributed by atoms with Crippen LogP contribution in [0, 0.1) is 10.8 Å². The highest BCUT2D eigenvalue weighted by Gasteiger charge is 2.48. The Morgan fingerprint density at radius 3 is 1.95 bits per heavy atom. The second-order valence-electron chi connectivity index (χ2n) is 12.2. The van der Waals surface area contributed by atoms with Gasteiger partial charge in [0, 0.05) is 53.4 Å². The monoisotopic (exact) mass is 581 g/mol. The normalized spacial score (nSPS) is 21.2. The number of Topliss-reactive ketones (excluding diaryl/α,β-unsaturated/α-hetero) is 2. The van der Waals surface area contributed by atoms with Gasteiger partial charge < -0.3 is 9.64 Å². The summed E-state index contributed by atoms with van der Waals surface area (Å²) in [5.74, 6) is 0.648. The molecule has 0 radical (unpaired) electrons. The third-order valence-corrected chi connectivity index (χ3v) is 8.65. The van der Waals surface area contributed by atoms with Crippen LogP contribution in [0.4, 0.5) is 0 Å². The van der Waals surface area contributed by atoms with Crippen LogP contribution < -0.4 is 4.74 Å². The quantitative estimate of drug-likeness (QED) is 0.366. The number of ether oxygens (including phenoxy) is 1. The van der Waals surface area contributed by atoms with Gasteiger partial charge in [-0.1, -0.05) is 57.5 Å². The molecular formula is C31H33BrClNO3. The number of nitrogens with zero attached hydrogens (tertiary/aromatic N) is 1. The Balaban J connectivity index is 1.56. The number of carbonyl (C=O) groups is 2. The maximum absolute atomic E-state index is 13.7. The summed E-state index contributed by atoms with van der Waals surface area (Å²) < 4.78 is 6.88. The van der Waals surface area contributed by atoms with Gasteiger partial charge in [0.05, 0.1) is 4.47 Å². The van der Waals surface area contributed by atoms with E-state index in [2.05, 4.69) is 48.5 Å². The van der Waals surface area contributed by atoms with Crippen LogP contribution in [0.3, 0.4) is 0 Å². The molecule has 0 fully saturated rings. The average molecular weight is 583 g/mol. The molecule has 4 nitrogen and oxygen atoms in total. The van der Waals surface area contributed by atoms with Crippen LogP contribution in [0.2, 0.25) is 5.02 Å². The standard InChI is InChI=1S/C31H33BrClNO3/c1-30(2)13-22-28(24(35)15-30)27(29-23(34(22)5)14-31(3,4)16-25(29)36)19-8-11-26(21(32)12-19)37-17-18-6-9-20(33)10-7-18/h6-12,27H,13-17H2,1-5H3. The molecule has 3 aliphatic rings. The van der Waals surface area contributed by atoms with Crippen LogP contribution in [0.5, 0.6) is 5.75 Å². The Morgan fingerprint density at radius 1 is 0.892 bits per heavy atom. The lowest BCUT2D eigenvalue weighted by Gasteiger charge is -2.47. The van der Waals surface area contributed by atoms with Gasteiger partial charge in [-0.2, -0.15) is 0 Å². The molecule has 0 unspecified atom stereocenters. The first kappa shape index (κ1) is 26.2. The molecule has 0 bridgehead atoms. The lowest BCUT2D eigenvalue weighted by Crippen LogP contribution is -2.43. The maximum Gasteiger partial charge on any atom is 0.162 e.